The highest BCUT2D eigenvalue weighted by atomic mass is 16.6. The molecule has 6 rings (SSSR count). The zero-order valence-electron chi connectivity index (χ0n) is 30.6. The molecule has 1 heterocycles. The number of carbonyl (C=O) groups excluding carboxylic acids is 1. The lowest BCUT2D eigenvalue weighted by Crippen LogP contribution is -2.44. The van der Waals surface area contributed by atoms with Crippen molar-refractivity contribution >= 4 is 34.4 Å². The van der Waals surface area contributed by atoms with Crippen LogP contribution in [0.5, 0.6) is 5.75 Å². The highest BCUT2D eigenvalue weighted by molar-refractivity contribution is 5.93. The fourth-order valence-corrected chi connectivity index (χ4v) is 6.34. The summed E-state index contributed by atoms with van der Waals surface area (Å²) in [7, 11) is 0. The Morgan fingerprint density at radius 2 is 1.42 bits per heavy atom. The molecule has 0 saturated heterocycles. The first-order chi connectivity index (χ1) is 24.6. The monoisotopic (exact) mass is 699 g/mol. The molecule has 5 aromatic carbocycles. The van der Waals surface area contributed by atoms with Crippen molar-refractivity contribution in [3.05, 3.63) is 154 Å². The second-order valence-electron chi connectivity index (χ2n) is 14.0. The van der Waals surface area contributed by atoms with Crippen LogP contribution < -0.4 is 4.74 Å². The maximum Gasteiger partial charge on any atom is 0.410 e. The predicted octanol–water partition coefficient (Wildman–Crippen LogP) is 10.0. The molecule has 0 fully saturated rings. The van der Waals surface area contributed by atoms with E-state index in [2.05, 4.69) is 18.2 Å². The summed E-state index contributed by atoms with van der Waals surface area (Å²) in [4.78, 5) is 37.9. The minimum Gasteiger partial charge on any atom is -0.484 e. The van der Waals surface area contributed by atoms with Gasteiger partial charge < -0.3 is 19.7 Å². The number of amides is 1. The van der Waals surface area contributed by atoms with Gasteiger partial charge in [-0.1, -0.05) is 84.9 Å². The topological polar surface area (TPSA) is 113 Å². The fraction of sp³-hybridized carbons (Fsp3) is 0.250. The Balaban J connectivity index is 0.000000452. The van der Waals surface area contributed by atoms with E-state index in [0.29, 0.717) is 11.3 Å². The van der Waals surface area contributed by atoms with Crippen molar-refractivity contribution in [3.8, 4) is 5.75 Å². The lowest BCUT2D eigenvalue weighted by Gasteiger charge is -2.35. The second kappa shape index (κ2) is 15.6. The van der Waals surface area contributed by atoms with Crippen LogP contribution in [0.3, 0.4) is 0 Å². The standard InChI is InChI=1S/C36H37NO5.C8H8O2/c1-22-18-26(19-31(23(22)2)34(38)39)32-20-27(41-33-17-10-9-15-30(32)33)21-37(35(40)42-36(4,5)6)24(3)28-16-11-13-25-12-7-8-14-29(25)28;1-6-4-2-3-5-7(6)8(9)10/h7-20,24,27H,21H2,1-6H3,(H,38,39);2-5H,1H3,(H,9,10)/t24-,27-;/m1./s1. The third kappa shape index (κ3) is 8.52. The van der Waals surface area contributed by atoms with Crippen LogP contribution in [0.15, 0.2) is 109 Å². The Bertz CT molecular complexity index is 2160. The summed E-state index contributed by atoms with van der Waals surface area (Å²) in [5.74, 6) is -1.15. The molecule has 0 radical (unpaired) electrons. The highest BCUT2D eigenvalue weighted by Crippen LogP contribution is 2.38. The van der Waals surface area contributed by atoms with Crippen molar-refractivity contribution in [1.29, 1.82) is 0 Å². The van der Waals surface area contributed by atoms with Gasteiger partial charge in [0.1, 0.15) is 17.5 Å². The molecule has 0 unspecified atom stereocenters. The average molecular weight is 700 g/mol. The highest BCUT2D eigenvalue weighted by Gasteiger charge is 2.32. The maximum atomic E-state index is 13.7. The van der Waals surface area contributed by atoms with Gasteiger partial charge in [-0.2, -0.15) is 0 Å². The van der Waals surface area contributed by atoms with E-state index in [9.17, 15) is 19.5 Å². The molecule has 1 aliphatic heterocycles. The van der Waals surface area contributed by atoms with E-state index in [0.717, 1.165) is 49.7 Å². The molecule has 268 valence electrons. The number of carboxylic acids is 2. The van der Waals surface area contributed by atoms with E-state index in [4.69, 9.17) is 14.6 Å². The number of carboxylic acid groups (broad SMARTS) is 2. The molecule has 0 saturated carbocycles. The largest absolute Gasteiger partial charge is 0.484 e. The molecule has 1 amide bonds. The number of para-hydroxylation sites is 1. The number of hydrogen-bond acceptors (Lipinski definition) is 5. The normalized spacial score (nSPS) is 14.1. The summed E-state index contributed by atoms with van der Waals surface area (Å²) >= 11 is 0. The Kier molecular flexibility index (Phi) is 11.2. The number of aryl methyl sites for hydroxylation is 2. The Morgan fingerprint density at radius 1 is 0.788 bits per heavy atom. The predicted molar refractivity (Wildman–Crippen MR) is 204 cm³/mol. The van der Waals surface area contributed by atoms with Crippen LogP contribution >= 0.6 is 0 Å². The zero-order chi connectivity index (χ0) is 37.7. The molecular formula is C44H45NO7. The van der Waals surface area contributed by atoms with Crippen LogP contribution in [-0.4, -0.2) is 51.4 Å². The van der Waals surface area contributed by atoms with E-state index < -0.39 is 29.7 Å². The van der Waals surface area contributed by atoms with Crippen molar-refractivity contribution in [1.82, 2.24) is 4.90 Å². The van der Waals surface area contributed by atoms with Crippen LogP contribution in [-0.2, 0) is 4.74 Å². The number of benzene rings is 5. The van der Waals surface area contributed by atoms with E-state index in [1.165, 1.54) is 0 Å². The van der Waals surface area contributed by atoms with Gasteiger partial charge in [-0.3, -0.25) is 4.90 Å². The minimum absolute atomic E-state index is 0.230. The van der Waals surface area contributed by atoms with Gasteiger partial charge in [0.05, 0.1) is 23.7 Å². The number of aromatic carboxylic acids is 2. The van der Waals surface area contributed by atoms with Gasteiger partial charge in [-0.25, -0.2) is 14.4 Å². The third-order valence-corrected chi connectivity index (χ3v) is 9.14. The first kappa shape index (κ1) is 37.4. The number of carbonyl (C=O) groups is 3. The van der Waals surface area contributed by atoms with Gasteiger partial charge in [0, 0.05) is 5.56 Å². The number of fused-ring (bicyclic) bond motifs is 2. The van der Waals surface area contributed by atoms with Crippen LogP contribution in [0.1, 0.15) is 87.8 Å². The van der Waals surface area contributed by atoms with Gasteiger partial charge in [0.25, 0.3) is 0 Å². The van der Waals surface area contributed by atoms with Crippen LogP contribution in [0.25, 0.3) is 16.3 Å². The van der Waals surface area contributed by atoms with Crippen molar-refractivity contribution in [2.75, 3.05) is 6.54 Å². The van der Waals surface area contributed by atoms with Crippen molar-refractivity contribution < 1.29 is 34.1 Å². The Hall–Kier alpha value is -5.89. The van der Waals surface area contributed by atoms with Gasteiger partial charge in [0.2, 0.25) is 0 Å². The summed E-state index contributed by atoms with van der Waals surface area (Å²) in [6.45, 7) is 13.3. The molecule has 2 atom stereocenters. The number of nitrogens with zero attached hydrogens (tertiary/aromatic N) is 1. The molecule has 0 bridgehead atoms. The molecule has 2 N–H and O–H groups in total. The molecule has 52 heavy (non-hydrogen) atoms. The minimum atomic E-state index is -0.963. The van der Waals surface area contributed by atoms with E-state index in [1.807, 2.05) is 108 Å². The Labute approximate surface area is 304 Å². The first-order valence-corrected chi connectivity index (χ1v) is 17.2. The van der Waals surface area contributed by atoms with Crippen LogP contribution in [0.4, 0.5) is 4.79 Å². The number of ether oxygens (including phenoxy) is 2. The van der Waals surface area contributed by atoms with Crippen molar-refractivity contribution in [2.45, 2.75) is 66.2 Å². The van der Waals surface area contributed by atoms with Gasteiger partial charge >= 0.3 is 18.0 Å². The van der Waals surface area contributed by atoms with Crippen molar-refractivity contribution in [2.24, 2.45) is 0 Å². The summed E-state index contributed by atoms with van der Waals surface area (Å²) in [5, 5.41) is 20.6. The maximum absolute atomic E-state index is 13.7. The van der Waals surface area contributed by atoms with Gasteiger partial charge in [0.15, 0.2) is 0 Å². The molecule has 0 aromatic heterocycles. The zero-order valence-corrected chi connectivity index (χ0v) is 30.6. The summed E-state index contributed by atoms with van der Waals surface area (Å²) in [6, 6.07) is 32.3. The summed E-state index contributed by atoms with van der Waals surface area (Å²) < 4.78 is 12.4. The lowest BCUT2D eigenvalue weighted by molar-refractivity contribution is 0.0110. The third-order valence-electron chi connectivity index (χ3n) is 9.14. The SMILES string of the molecule is Cc1cc(C2=C[C@H](CN(C(=O)OC(C)(C)C)[C@H](C)c3cccc4ccccc34)Oc3ccccc32)cc(C(=O)O)c1C.Cc1ccccc1C(=O)O. The average Bonchev–Trinajstić information content (AvgIpc) is 3.10. The first-order valence-electron chi connectivity index (χ1n) is 17.2. The van der Waals surface area contributed by atoms with E-state index >= 15 is 0 Å². The quantitative estimate of drug-likeness (QED) is 0.174. The van der Waals surface area contributed by atoms with Crippen LogP contribution in [0, 0.1) is 20.8 Å². The molecule has 0 aliphatic carbocycles. The number of hydrogen-bond donors (Lipinski definition) is 2. The fourth-order valence-electron chi connectivity index (χ4n) is 6.34. The summed E-state index contributed by atoms with van der Waals surface area (Å²) in [5.41, 5.74) is 5.95. The molecule has 0 spiro atoms. The lowest BCUT2D eigenvalue weighted by atomic mass is 9.89. The van der Waals surface area contributed by atoms with Crippen molar-refractivity contribution in [3.63, 3.8) is 0 Å². The summed E-state index contributed by atoms with van der Waals surface area (Å²) in [6.07, 6.45) is 1.06. The smallest absolute Gasteiger partial charge is 0.410 e. The van der Waals surface area contributed by atoms with Gasteiger partial charge in [-0.05, 0) is 117 Å². The number of rotatable bonds is 7. The van der Waals surface area contributed by atoms with E-state index in [1.54, 1.807) is 36.1 Å². The van der Waals surface area contributed by atoms with E-state index in [-0.39, 0.29) is 18.2 Å². The molecule has 8 heteroatoms. The second-order valence-corrected chi connectivity index (χ2v) is 14.0. The van der Waals surface area contributed by atoms with Crippen LogP contribution in [0.2, 0.25) is 0 Å². The molecule has 5 aromatic rings. The molecule has 8 nitrogen and oxygen atoms in total. The molecule has 1 aliphatic rings. The Morgan fingerprint density at radius 3 is 2.10 bits per heavy atom. The molecular weight excluding hydrogens is 654 g/mol. The van der Waals surface area contributed by atoms with Gasteiger partial charge in [-0.15, -0.1) is 0 Å².